The van der Waals surface area contributed by atoms with Crippen LogP contribution in [-0.4, -0.2) is 34.2 Å². The van der Waals surface area contributed by atoms with Crippen LogP contribution in [0, 0.1) is 11.3 Å². The molecule has 0 bridgehead atoms. The normalized spacial score (nSPS) is 11.0. The van der Waals surface area contributed by atoms with Crippen molar-refractivity contribution in [1.82, 2.24) is 19.9 Å². The Bertz CT molecular complexity index is 1260. The van der Waals surface area contributed by atoms with E-state index in [1.807, 2.05) is 0 Å². The molecule has 0 fully saturated rings. The lowest BCUT2D eigenvalue weighted by atomic mass is 10.2. The number of ether oxygens (including phenoxy) is 3. The molecule has 0 aliphatic carbocycles. The first kappa shape index (κ1) is 22.8. The molecule has 9 nitrogen and oxygen atoms in total. The van der Waals surface area contributed by atoms with Crippen molar-refractivity contribution in [3.8, 4) is 29.5 Å². The number of hydrogen-bond acceptors (Lipinski definition) is 8. The number of nitrogens with zero attached hydrogens (tertiary/aromatic N) is 4. The summed E-state index contributed by atoms with van der Waals surface area (Å²) in [6.07, 6.45) is -4.02. The lowest BCUT2D eigenvalue weighted by molar-refractivity contribution is -0.142. The van der Waals surface area contributed by atoms with Crippen LogP contribution in [0.3, 0.4) is 0 Å². The summed E-state index contributed by atoms with van der Waals surface area (Å²) >= 11 is 5.84. The molecule has 32 heavy (non-hydrogen) atoms. The van der Waals surface area contributed by atoms with E-state index in [0.717, 1.165) is 12.1 Å². The van der Waals surface area contributed by atoms with Gasteiger partial charge in [-0.05, 0) is 18.2 Å². The number of nitriles is 1. The van der Waals surface area contributed by atoms with Crippen molar-refractivity contribution in [3.63, 3.8) is 0 Å². The Morgan fingerprint density at radius 1 is 1.19 bits per heavy atom. The van der Waals surface area contributed by atoms with Crippen molar-refractivity contribution in [2.24, 2.45) is 0 Å². The van der Waals surface area contributed by atoms with E-state index in [-0.39, 0.29) is 46.0 Å². The molecule has 1 N–H and O–H groups in total. The summed E-state index contributed by atoms with van der Waals surface area (Å²) in [6.45, 7) is 0. The second kappa shape index (κ2) is 9.11. The molecular formula is C19H13ClF3N5O4. The van der Waals surface area contributed by atoms with Gasteiger partial charge in [0.15, 0.2) is 5.69 Å². The van der Waals surface area contributed by atoms with Crippen LogP contribution in [0.15, 0.2) is 29.2 Å². The Morgan fingerprint density at radius 3 is 2.56 bits per heavy atom. The summed E-state index contributed by atoms with van der Waals surface area (Å²) < 4.78 is 56.1. The lowest BCUT2D eigenvalue weighted by Gasteiger charge is -2.14. The molecule has 0 saturated heterocycles. The van der Waals surface area contributed by atoms with Gasteiger partial charge in [0.2, 0.25) is 11.6 Å². The molecule has 1 aromatic carbocycles. The fourth-order valence-electron chi connectivity index (χ4n) is 2.64. The standard InChI is InChI=1S/C19H13ClF3N5O4/c1-30-17-10(8-25-18(28-17)31-2)5-13-26-15(19(21,22)23)14(16(29)27-13)32-12-4-9(7-24)3-11(20)6-12/h3-4,6,8H,5H2,1-2H3,(H,26,27,29). The summed E-state index contributed by atoms with van der Waals surface area (Å²) in [5, 5.41) is 9.03. The predicted octanol–water partition coefficient (Wildman–Crippen LogP) is 3.50. The van der Waals surface area contributed by atoms with Crippen LogP contribution in [0.4, 0.5) is 13.2 Å². The quantitative estimate of drug-likeness (QED) is 0.584. The molecule has 0 aliphatic rings. The van der Waals surface area contributed by atoms with E-state index in [0.29, 0.717) is 0 Å². The van der Waals surface area contributed by atoms with Crippen LogP contribution in [0.5, 0.6) is 23.4 Å². The molecule has 2 heterocycles. The third-order valence-corrected chi connectivity index (χ3v) is 4.17. The summed E-state index contributed by atoms with van der Waals surface area (Å²) in [4.78, 5) is 26.1. The predicted molar refractivity (Wildman–Crippen MR) is 104 cm³/mol. The van der Waals surface area contributed by atoms with E-state index in [2.05, 4.69) is 19.9 Å². The molecule has 0 saturated carbocycles. The number of alkyl halides is 3. The summed E-state index contributed by atoms with van der Waals surface area (Å²) in [5.41, 5.74) is -2.45. The Balaban J connectivity index is 2.05. The van der Waals surface area contributed by atoms with Gasteiger partial charge in [-0.2, -0.15) is 23.4 Å². The van der Waals surface area contributed by atoms with E-state index in [1.165, 1.54) is 26.5 Å². The summed E-state index contributed by atoms with van der Waals surface area (Å²) in [7, 11) is 2.64. The van der Waals surface area contributed by atoms with Crippen LogP contribution >= 0.6 is 11.6 Å². The van der Waals surface area contributed by atoms with Crippen LogP contribution in [0.2, 0.25) is 5.02 Å². The Morgan fingerprint density at radius 2 is 1.94 bits per heavy atom. The number of benzene rings is 1. The van der Waals surface area contributed by atoms with Crippen molar-refractivity contribution in [3.05, 3.63) is 62.4 Å². The minimum atomic E-state index is -5.02. The molecule has 0 amide bonds. The van der Waals surface area contributed by atoms with E-state index in [1.54, 1.807) is 6.07 Å². The maximum Gasteiger partial charge on any atom is 0.437 e. The second-order valence-electron chi connectivity index (χ2n) is 6.15. The molecule has 0 radical (unpaired) electrons. The molecule has 3 aromatic rings. The number of aromatic nitrogens is 4. The molecule has 0 atom stereocenters. The van der Waals surface area contributed by atoms with Crippen molar-refractivity contribution in [2.75, 3.05) is 14.2 Å². The molecule has 13 heteroatoms. The fraction of sp³-hybridized carbons (Fsp3) is 0.211. The average molecular weight is 468 g/mol. The topological polar surface area (TPSA) is 123 Å². The first-order chi connectivity index (χ1) is 15.1. The second-order valence-corrected chi connectivity index (χ2v) is 6.58. The molecule has 2 aromatic heterocycles. The van der Waals surface area contributed by atoms with Crippen molar-refractivity contribution < 1.29 is 27.4 Å². The van der Waals surface area contributed by atoms with Gasteiger partial charge in [0, 0.05) is 23.2 Å². The van der Waals surface area contributed by atoms with Crippen LogP contribution in [-0.2, 0) is 12.6 Å². The monoisotopic (exact) mass is 467 g/mol. The molecule has 0 aliphatic heterocycles. The van der Waals surface area contributed by atoms with E-state index in [9.17, 15) is 18.0 Å². The average Bonchev–Trinajstić information content (AvgIpc) is 2.74. The van der Waals surface area contributed by atoms with Crippen LogP contribution in [0.1, 0.15) is 22.6 Å². The zero-order valence-electron chi connectivity index (χ0n) is 16.5. The highest BCUT2D eigenvalue weighted by atomic mass is 35.5. The van der Waals surface area contributed by atoms with E-state index >= 15 is 0 Å². The van der Waals surface area contributed by atoms with Gasteiger partial charge < -0.3 is 19.2 Å². The number of rotatable bonds is 6. The Hall–Kier alpha value is -3.85. The van der Waals surface area contributed by atoms with Gasteiger partial charge in [0.05, 0.1) is 25.9 Å². The summed E-state index contributed by atoms with van der Waals surface area (Å²) in [6, 6.07) is 5.37. The van der Waals surface area contributed by atoms with Crippen molar-refractivity contribution in [1.29, 1.82) is 5.26 Å². The van der Waals surface area contributed by atoms with Gasteiger partial charge in [0.1, 0.15) is 11.6 Å². The van der Waals surface area contributed by atoms with Gasteiger partial charge >= 0.3 is 12.2 Å². The van der Waals surface area contributed by atoms with Gasteiger partial charge in [-0.15, -0.1) is 0 Å². The fourth-order valence-corrected chi connectivity index (χ4v) is 2.86. The third kappa shape index (κ3) is 5.06. The Labute approximate surface area is 183 Å². The third-order valence-electron chi connectivity index (χ3n) is 3.95. The Kier molecular flexibility index (Phi) is 6.50. The number of aromatic amines is 1. The van der Waals surface area contributed by atoms with Crippen LogP contribution in [0.25, 0.3) is 0 Å². The molecule has 0 unspecified atom stereocenters. The minimum absolute atomic E-state index is 0.00922. The van der Waals surface area contributed by atoms with Crippen molar-refractivity contribution >= 4 is 11.6 Å². The minimum Gasteiger partial charge on any atom is -0.481 e. The lowest BCUT2D eigenvalue weighted by Crippen LogP contribution is -2.22. The molecule has 0 spiro atoms. The van der Waals surface area contributed by atoms with Crippen LogP contribution < -0.4 is 19.8 Å². The SMILES string of the molecule is COc1ncc(Cc2nc(C(F)(F)F)c(Oc3cc(Cl)cc(C#N)c3)c(=O)[nH]2)c(OC)n1. The zero-order chi connectivity index (χ0) is 23.5. The zero-order valence-corrected chi connectivity index (χ0v) is 17.2. The van der Waals surface area contributed by atoms with Gasteiger partial charge in [0.25, 0.3) is 5.56 Å². The number of methoxy groups -OCH3 is 2. The first-order valence-electron chi connectivity index (χ1n) is 8.67. The van der Waals surface area contributed by atoms with E-state index < -0.39 is 23.2 Å². The molecule has 166 valence electrons. The van der Waals surface area contributed by atoms with Gasteiger partial charge in [-0.3, -0.25) is 4.79 Å². The van der Waals surface area contributed by atoms with Gasteiger partial charge in [-0.1, -0.05) is 11.6 Å². The number of halogens is 4. The largest absolute Gasteiger partial charge is 0.481 e. The highest BCUT2D eigenvalue weighted by molar-refractivity contribution is 6.30. The highest BCUT2D eigenvalue weighted by Crippen LogP contribution is 2.35. The highest BCUT2D eigenvalue weighted by Gasteiger charge is 2.39. The summed E-state index contributed by atoms with van der Waals surface area (Å²) in [5.74, 6) is -1.61. The number of H-pyrrole nitrogens is 1. The molecular weight excluding hydrogens is 455 g/mol. The van der Waals surface area contributed by atoms with Crippen molar-refractivity contribution in [2.45, 2.75) is 12.6 Å². The smallest absolute Gasteiger partial charge is 0.437 e. The number of hydrogen-bond donors (Lipinski definition) is 1. The maximum atomic E-state index is 13.7. The first-order valence-corrected chi connectivity index (χ1v) is 9.05. The molecule has 3 rings (SSSR count). The number of nitrogens with one attached hydrogen (secondary N) is 1. The van der Waals surface area contributed by atoms with Gasteiger partial charge in [-0.25, -0.2) is 9.97 Å². The van der Waals surface area contributed by atoms with E-state index in [4.69, 9.17) is 31.1 Å². The maximum absolute atomic E-state index is 13.7.